The molecule has 0 aliphatic carbocycles. The molecule has 5 aromatic rings. The van der Waals surface area contributed by atoms with E-state index < -0.39 is 5.91 Å². The van der Waals surface area contributed by atoms with Gasteiger partial charge < -0.3 is 14.2 Å². The Balaban J connectivity index is 1.39. The third kappa shape index (κ3) is 3.17. The number of hydrogen-bond donors (Lipinski definition) is 1. The minimum Gasteiger partial charge on any atom is -0.451 e. The van der Waals surface area contributed by atoms with Gasteiger partial charge in [0.05, 0.1) is 5.39 Å². The van der Waals surface area contributed by atoms with Crippen LogP contribution in [0.4, 0.5) is 5.69 Å². The van der Waals surface area contributed by atoms with E-state index in [0.29, 0.717) is 28.1 Å². The fraction of sp³-hybridized carbons (Fsp3) is 0. The summed E-state index contributed by atoms with van der Waals surface area (Å²) in [4.78, 5) is 29.1. The summed E-state index contributed by atoms with van der Waals surface area (Å²) in [7, 11) is 0. The molecule has 0 atom stereocenters. The molecule has 0 saturated carbocycles. The van der Waals surface area contributed by atoms with E-state index in [1.807, 2.05) is 24.3 Å². The molecule has 0 saturated heterocycles. The van der Waals surface area contributed by atoms with Gasteiger partial charge in [0, 0.05) is 17.3 Å². The van der Waals surface area contributed by atoms with Crippen LogP contribution in [0.1, 0.15) is 10.6 Å². The number of benzene rings is 3. The molecule has 0 unspecified atom stereocenters. The molecule has 0 bridgehead atoms. The number of hydrogen-bond acceptors (Lipinski definition) is 5. The second-order valence-corrected chi connectivity index (χ2v) is 6.49. The summed E-state index contributed by atoms with van der Waals surface area (Å²) in [6, 6.07) is 22.6. The Labute approximate surface area is 164 Å². The number of nitrogens with one attached hydrogen (secondary N) is 1. The first kappa shape index (κ1) is 16.9. The molecule has 2 aromatic heterocycles. The lowest BCUT2D eigenvalue weighted by Gasteiger charge is -2.06. The van der Waals surface area contributed by atoms with Crippen molar-refractivity contribution in [3.63, 3.8) is 0 Å². The highest BCUT2D eigenvalue weighted by molar-refractivity contribution is 6.03. The van der Waals surface area contributed by atoms with Crippen LogP contribution in [0.25, 0.3) is 33.5 Å². The molecule has 0 radical (unpaired) electrons. The molecule has 5 rings (SSSR count). The van der Waals surface area contributed by atoms with E-state index in [0.717, 1.165) is 11.1 Å². The van der Waals surface area contributed by atoms with Gasteiger partial charge in [-0.05, 0) is 48.5 Å². The Morgan fingerprint density at radius 1 is 0.828 bits per heavy atom. The van der Waals surface area contributed by atoms with E-state index in [4.69, 9.17) is 8.83 Å². The highest BCUT2D eigenvalue weighted by Gasteiger charge is 2.13. The highest BCUT2D eigenvalue weighted by atomic mass is 16.4. The van der Waals surface area contributed by atoms with Crippen molar-refractivity contribution in [3.8, 4) is 11.5 Å². The number of para-hydroxylation sites is 3. The van der Waals surface area contributed by atoms with Gasteiger partial charge in [-0.15, -0.1) is 0 Å². The lowest BCUT2D eigenvalue weighted by atomic mass is 10.2. The average molecular weight is 382 g/mol. The van der Waals surface area contributed by atoms with E-state index >= 15 is 0 Å². The summed E-state index contributed by atoms with van der Waals surface area (Å²) in [5, 5.41) is 3.17. The van der Waals surface area contributed by atoms with E-state index in [-0.39, 0.29) is 11.2 Å². The predicted octanol–water partition coefficient (Wildman–Crippen LogP) is 4.85. The molecule has 1 amide bonds. The predicted molar refractivity (Wildman–Crippen MR) is 110 cm³/mol. The van der Waals surface area contributed by atoms with Gasteiger partial charge in [-0.2, -0.15) is 0 Å². The minimum atomic E-state index is -0.498. The summed E-state index contributed by atoms with van der Waals surface area (Å²) in [5.41, 5.74) is 2.96. The summed E-state index contributed by atoms with van der Waals surface area (Å²) in [6.07, 6.45) is 0. The number of anilines is 1. The standard InChI is InChI=1S/C23H14N2O4/c26-18-13-21(28-19-7-3-1-5-16(18)19)22(27)24-15-11-9-14(10-12-15)23-25-17-6-2-4-8-20(17)29-23/h1-13H,(H,24,27). The first-order valence-electron chi connectivity index (χ1n) is 8.98. The van der Waals surface area contributed by atoms with Gasteiger partial charge in [0.1, 0.15) is 11.1 Å². The fourth-order valence-corrected chi connectivity index (χ4v) is 3.10. The van der Waals surface area contributed by atoms with Crippen LogP contribution in [-0.4, -0.2) is 10.9 Å². The van der Waals surface area contributed by atoms with Crippen molar-refractivity contribution in [2.45, 2.75) is 0 Å². The molecular formula is C23H14N2O4. The average Bonchev–Trinajstić information content (AvgIpc) is 3.18. The topological polar surface area (TPSA) is 85.3 Å². The van der Waals surface area contributed by atoms with Crippen LogP contribution < -0.4 is 10.7 Å². The first-order valence-corrected chi connectivity index (χ1v) is 8.98. The monoisotopic (exact) mass is 382 g/mol. The number of rotatable bonds is 3. The molecule has 0 spiro atoms. The zero-order chi connectivity index (χ0) is 19.8. The van der Waals surface area contributed by atoms with Crippen molar-refractivity contribution in [1.29, 1.82) is 0 Å². The Bertz CT molecular complexity index is 1380. The van der Waals surface area contributed by atoms with Crippen LogP contribution in [0.5, 0.6) is 0 Å². The third-order valence-electron chi connectivity index (χ3n) is 4.54. The number of carbonyl (C=O) groups is 1. The lowest BCUT2D eigenvalue weighted by Crippen LogP contribution is -2.14. The zero-order valence-electron chi connectivity index (χ0n) is 15.1. The van der Waals surface area contributed by atoms with Gasteiger partial charge >= 0.3 is 0 Å². The van der Waals surface area contributed by atoms with Gasteiger partial charge in [-0.25, -0.2) is 4.98 Å². The van der Waals surface area contributed by atoms with Crippen molar-refractivity contribution in [3.05, 3.63) is 94.8 Å². The first-order chi connectivity index (χ1) is 14.2. The summed E-state index contributed by atoms with van der Waals surface area (Å²) < 4.78 is 11.3. The molecule has 140 valence electrons. The Morgan fingerprint density at radius 2 is 1.55 bits per heavy atom. The van der Waals surface area contributed by atoms with Gasteiger partial charge in [-0.1, -0.05) is 24.3 Å². The minimum absolute atomic E-state index is 0.0447. The lowest BCUT2D eigenvalue weighted by molar-refractivity contribution is 0.0997. The maximum Gasteiger partial charge on any atom is 0.291 e. The normalized spacial score (nSPS) is 11.0. The van der Waals surface area contributed by atoms with Gasteiger partial charge in [0.25, 0.3) is 5.91 Å². The highest BCUT2D eigenvalue weighted by Crippen LogP contribution is 2.25. The maximum atomic E-state index is 12.5. The van der Waals surface area contributed by atoms with Crippen molar-refractivity contribution in [2.75, 3.05) is 5.32 Å². The molecule has 0 aliphatic rings. The molecule has 29 heavy (non-hydrogen) atoms. The van der Waals surface area contributed by atoms with Gasteiger partial charge in [0.2, 0.25) is 5.89 Å². The van der Waals surface area contributed by atoms with Gasteiger partial charge in [-0.3, -0.25) is 9.59 Å². The van der Waals surface area contributed by atoms with Crippen LogP contribution in [-0.2, 0) is 0 Å². The van der Waals surface area contributed by atoms with Crippen molar-refractivity contribution in [2.24, 2.45) is 0 Å². The number of amides is 1. The third-order valence-corrected chi connectivity index (χ3v) is 4.54. The van der Waals surface area contributed by atoms with Crippen LogP contribution in [0, 0.1) is 0 Å². The van der Waals surface area contributed by atoms with Crippen LogP contribution >= 0.6 is 0 Å². The quantitative estimate of drug-likeness (QED) is 0.482. The molecule has 3 aromatic carbocycles. The molecule has 1 N–H and O–H groups in total. The van der Waals surface area contributed by atoms with E-state index in [9.17, 15) is 9.59 Å². The second-order valence-electron chi connectivity index (χ2n) is 6.49. The van der Waals surface area contributed by atoms with Crippen LogP contribution in [0.3, 0.4) is 0 Å². The molecule has 6 heteroatoms. The van der Waals surface area contributed by atoms with Crippen LogP contribution in [0.2, 0.25) is 0 Å². The van der Waals surface area contributed by atoms with Crippen molar-refractivity contribution in [1.82, 2.24) is 4.98 Å². The van der Waals surface area contributed by atoms with Crippen molar-refractivity contribution >= 4 is 33.7 Å². The van der Waals surface area contributed by atoms with E-state index in [2.05, 4.69) is 10.3 Å². The summed E-state index contributed by atoms with van der Waals surface area (Å²) in [6.45, 7) is 0. The zero-order valence-corrected chi connectivity index (χ0v) is 15.1. The van der Waals surface area contributed by atoms with E-state index in [1.165, 1.54) is 6.07 Å². The van der Waals surface area contributed by atoms with Crippen molar-refractivity contribution < 1.29 is 13.6 Å². The summed E-state index contributed by atoms with van der Waals surface area (Å²) >= 11 is 0. The molecule has 0 fully saturated rings. The number of carbonyl (C=O) groups excluding carboxylic acids is 1. The number of aromatic nitrogens is 1. The molecule has 0 aliphatic heterocycles. The van der Waals surface area contributed by atoms with Crippen LogP contribution in [0.15, 0.2) is 92.5 Å². The summed E-state index contributed by atoms with van der Waals surface area (Å²) in [5.74, 6) is -0.0382. The molecule has 6 nitrogen and oxygen atoms in total. The number of oxazole rings is 1. The largest absolute Gasteiger partial charge is 0.451 e. The Hall–Kier alpha value is -4.19. The van der Waals surface area contributed by atoms with Gasteiger partial charge in [0.15, 0.2) is 16.8 Å². The van der Waals surface area contributed by atoms with E-state index in [1.54, 1.807) is 48.5 Å². The Kier molecular flexibility index (Phi) is 3.95. The number of fused-ring (bicyclic) bond motifs is 2. The number of nitrogens with zero attached hydrogens (tertiary/aromatic N) is 1. The smallest absolute Gasteiger partial charge is 0.291 e. The fourth-order valence-electron chi connectivity index (χ4n) is 3.10. The molecule has 2 heterocycles. The molecular weight excluding hydrogens is 368 g/mol. The SMILES string of the molecule is O=C(Nc1ccc(-c2nc3ccccc3o2)cc1)c1cc(=O)c2ccccc2o1. The second kappa shape index (κ2) is 6.76. The maximum absolute atomic E-state index is 12.5. The Morgan fingerprint density at radius 3 is 2.34 bits per heavy atom.